The van der Waals surface area contributed by atoms with Crippen molar-refractivity contribution in [3.63, 3.8) is 0 Å². The first-order valence-corrected chi connectivity index (χ1v) is 7.94. The van der Waals surface area contributed by atoms with Gasteiger partial charge in [0.05, 0.1) is 0 Å². The number of pyridine rings is 1. The molecule has 1 aliphatic rings. The minimum absolute atomic E-state index is 0.548. The van der Waals surface area contributed by atoms with E-state index in [1.54, 1.807) is 0 Å². The van der Waals surface area contributed by atoms with Gasteiger partial charge in [-0.05, 0) is 37.3 Å². The number of anilines is 1. The van der Waals surface area contributed by atoms with E-state index in [1.807, 2.05) is 0 Å². The SMILES string of the molecule is Cc1nc(N(CC(C)C)C2CCCC2)ccc1CCl. The van der Waals surface area contributed by atoms with E-state index in [0.717, 1.165) is 23.6 Å². The van der Waals surface area contributed by atoms with Gasteiger partial charge in [0, 0.05) is 24.2 Å². The summed E-state index contributed by atoms with van der Waals surface area (Å²) in [7, 11) is 0. The Morgan fingerprint density at radius 3 is 2.53 bits per heavy atom. The number of hydrogen-bond donors (Lipinski definition) is 0. The average Bonchev–Trinajstić information content (AvgIpc) is 2.89. The Bertz CT molecular complexity index is 411. The Kier molecular flexibility index (Phi) is 5.09. The largest absolute Gasteiger partial charge is 0.353 e. The van der Waals surface area contributed by atoms with Crippen LogP contribution in [-0.4, -0.2) is 17.6 Å². The van der Waals surface area contributed by atoms with Crippen molar-refractivity contribution in [1.29, 1.82) is 0 Å². The molecule has 1 aliphatic carbocycles. The van der Waals surface area contributed by atoms with Crippen molar-refractivity contribution in [1.82, 2.24) is 4.98 Å². The summed E-state index contributed by atoms with van der Waals surface area (Å²) in [6, 6.07) is 4.95. The quantitative estimate of drug-likeness (QED) is 0.737. The van der Waals surface area contributed by atoms with E-state index < -0.39 is 0 Å². The Morgan fingerprint density at radius 2 is 2.00 bits per heavy atom. The molecule has 0 radical (unpaired) electrons. The highest BCUT2D eigenvalue weighted by molar-refractivity contribution is 6.17. The van der Waals surface area contributed by atoms with Crippen LogP contribution in [0.1, 0.15) is 50.8 Å². The van der Waals surface area contributed by atoms with Crippen molar-refractivity contribution in [3.05, 3.63) is 23.4 Å². The number of aryl methyl sites for hydroxylation is 1. The lowest BCUT2D eigenvalue weighted by atomic mass is 10.1. The van der Waals surface area contributed by atoms with Gasteiger partial charge in [-0.3, -0.25) is 0 Å². The lowest BCUT2D eigenvalue weighted by Gasteiger charge is -2.32. The molecule has 1 aromatic rings. The second kappa shape index (κ2) is 6.60. The first kappa shape index (κ1) is 14.6. The van der Waals surface area contributed by atoms with E-state index >= 15 is 0 Å². The maximum absolute atomic E-state index is 5.92. The molecule has 1 fully saturated rings. The van der Waals surface area contributed by atoms with Gasteiger partial charge in [-0.1, -0.05) is 32.8 Å². The van der Waals surface area contributed by atoms with Crippen LogP contribution in [0.25, 0.3) is 0 Å². The average molecular weight is 281 g/mol. The molecule has 0 N–H and O–H groups in total. The molecule has 0 atom stereocenters. The van der Waals surface area contributed by atoms with Crippen molar-refractivity contribution >= 4 is 17.4 Å². The van der Waals surface area contributed by atoms with Gasteiger partial charge in [-0.15, -0.1) is 11.6 Å². The molecule has 0 bridgehead atoms. The molecule has 0 aliphatic heterocycles. The molecule has 1 aromatic heterocycles. The molecule has 0 spiro atoms. The second-order valence-corrected chi connectivity index (χ2v) is 6.30. The molecule has 2 nitrogen and oxygen atoms in total. The van der Waals surface area contributed by atoms with Crippen molar-refractivity contribution in [2.45, 2.75) is 58.4 Å². The minimum atomic E-state index is 0.548. The molecule has 0 amide bonds. The highest BCUT2D eigenvalue weighted by Crippen LogP contribution is 2.28. The van der Waals surface area contributed by atoms with Gasteiger partial charge in [0.1, 0.15) is 5.82 Å². The molecule has 2 rings (SSSR count). The maximum Gasteiger partial charge on any atom is 0.129 e. The number of alkyl halides is 1. The highest BCUT2D eigenvalue weighted by Gasteiger charge is 2.24. The van der Waals surface area contributed by atoms with Crippen molar-refractivity contribution < 1.29 is 0 Å². The Hall–Kier alpha value is -0.760. The number of halogens is 1. The summed E-state index contributed by atoms with van der Waals surface area (Å²) in [6.45, 7) is 7.71. The van der Waals surface area contributed by atoms with Crippen molar-refractivity contribution in [2.75, 3.05) is 11.4 Å². The second-order valence-electron chi connectivity index (χ2n) is 6.03. The fourth-order valence-electron chi connectivity index (χ4n) is 2.92. The molecule has 106 valence electrons. The van der Waals surface area contributed by atoms with Crippen LogP contribution < -0.4 is 4.90 Å². The number of rotatable bonds is 5. The van der Waals surface area contributed by atoms with Gasteiger partial charge in [-0.25, -0.2) is 4.98 Å². The van der Waals surface area contributed by atoms with Gasteiger partial charge < -0.3 is 4.90 Å². The summed E-state index contributed by atoms with van der Waals surface area (Å²) in [5, 5.41) is 0. The van der Waals surface area contributed by atoms with Gasteiger partial charge in [0.25, 0.3) is 0 Å². The normalized spacial score (nSPS) is 16.3. The van der Waals surface area contributed by atoms with Crippen LogP contribution in [0.4, 0.5) is 5.82 Å². The molecule has 1 heterocycles. The van der Waals surface area contributed by atoms with Crippen molar-refractivity contribution in [3.8, 4) is 0 Å². The summed E-state index contributed by atoms with van der Waals surface area (Å²) in [5.74, 6) is 2.34. The molecule has 19 heavy (non-hydrogen) atoms. The summed E-state index contributed by atoms with van der Waals surface area (Å²) in [4.78, 5) is 7.30. The highest BCUT2D eigenvalue weighted by atomic mass is 35.5. The van der Waals surface area contributed by atoms with E-state index in [2.05, 4.69) is 37.8 Å². The van der Waals surface area contributed by atoms with Crippen LogP contribution in [0.5, 0.6) is 0 Å². The zero-order chi connectivity index (χ0) is 13.8. The minimum Gasteiger partial charge on any atom is -0.353 e. The first-order chi connectivity index (χ1) is 9.11. The van der Waals surface area contributed by atoms with E-state index in [9.17, 15) is 0 Å². The molecule has 0 saturated heterocycles. The maximum atomic E-state index is 5.92. The van der Waals surface area contributed by atoms with E-state index in [1.165, 1.54) is 25.7 Å². The molecule has 0 aromatic carbocycles. The lowest BCUT2D eigenvalue weighted by Crippen LogP contribution is -2.37. The van der Waals surface area contributed by atoms with Gasteiger partial charge in [-0.2, -0.15) is 0 Å². The summed E-state index contributed by atoms with van der Waals surface area (Å²) in [5.41, 5.74) is 2.21. The molecular formula is C16H25ClN2. The van der Waals surface area contributed by atoms with Crippen LogP contribution in [0, 0.1) is 12.8 Å². The van der Waals surface area contributed by atoms with Gasteiger partial charge in [0.15, 0.2) is 0 Å². The van der Waals surface area contributed by atoms with E-state index in [0.29, 0.717) is 17.8 Å². The van der Waals surface area contributed by atoms with Crippen LogP contribution in [0.3, 0.4) is 0 Å². The summed E-state index contributed by atoms with van der Waals surface area (Å²) >= 11 is 5.92. The summed E-state index contributed by atoms with van der Waals surface area (Å²) < 4.78 is 0. The zero-order valence-corrected chi connectivity index (χ0v) is 13.1. The van der Waals surface area contributed by atoms with E-state index in [-0.39, 0.29) is 0 Å². The Labute approximate surface area is 122 Å². The lowest BCUT2D eigenvalue weighted by molar-refractivity contribution is 0.531. The van der Waals surface area contributed by atoms with Crippen LogP contribution in [0.15, 0.2) is 12.1 Å². The third-order valence-electron chi connectivity index (χ3n) is 3.95. The summed E-state index contributed by atoms with van der Waals surface area (Å²) in [6.07, 6.45) is 5.34. The van der Waals surface area contributed by atoms with Gasteiger partial charge in [0.2, 0.25) is 0 Å². The fourth-order valence-corrected chi connectivity index (χ4v) is 3.20. The van der Waals surface area contributed by atoms with Crippen LogP contribution in [0.2, 0.25) is 0 Å². The third kappa shape index (κ3) is 3.62. The zero-order valence-electron chi connectivity index (χ0n) is 12.3. The van der Waals surface area contributed by atoms with Gasteiger partial charge >= 0.3 is 0 Å². The number of nitrogens with zero attached hydrogens (tertiary/aromatic N) is 2. The fraction of sp³-hybridized carbons (Fsp3) is 0.688. The third-order valence-corrected chi connectivity index (χ3v) is 4.23. The topological polar surface area (TPSA) is 16.1 Å². The van der Waals surface area contributed by atoms with E-state index in [4.69, 9.17) is 16.6 Å². The molecule has 0 unspecified atom stereocenters. The van der Waals surface area contributed by atoms with Crippen molar-refractivity contribution in [2.24, 2.45) is 5.92 Å². The number of aromatic nitrogens is 1. The Morgan fingerprint density at radius 1 is 1.32 bits per heavy atom. The predicted octanol–water partition coefficient (Wildman–Crippen LogP) is 4.53. The molecular weight excluding hydrogens is 256 g/mol. The number of hydrogen-bond acceptors (Lipinski definition) is 2. The first-order valence-electron chi connectivity index (χ1n) is 7.41. The van der Waals surface area contributed by atoms with Crippen LogP contribution >= 0.6 is 11.6 Å². The van der Waals surface area contributed by atoms with Crippen LogP contribution in [-0.2, 0) is 5.88 Å². The molecule has 3 heteroatoms. The monoisotopic (exact) mass is 280 g/mol. The predicted molar refractivity (Wildman–Crippen MR) is 83.0 cm³/mol. The standard InChI is InChI=1S/C16H25ClN2/c1-12(2)11-19(15-6-4-5-7-15)16-9-8-14(10-17)13(3)18-16/h8-9,12,15H,4-7,10-11H2,1-3H3. The molecule has 1 saturated carbocycles. The smallest absolute Gasteiger partial charge is 0.129 e. The Balaban J connectivity index is 2.23.